The van der Waals surface area contributed by atoms with E-state index in [2.05, 4.69) is 4.98 Å². The second-order valence-electron chi connectivity index (χ2n) is 5.62. The van der Waals surface area contributed by atoms with E-state index in [1.54, 1.807) is 24.3 Å². The van der Waals surface area contributed by atoms with Crippen LogP contribution in [-0.4, -0.2) is 19.7 Å². The second kappa shape index (κ2) is 4.30. The van der Waals surface area contributed by atoms with Crippen molar-refractivity contribution in [2.75, 3.05) is 6.26 Å². The standard InChI is InChI=1S/C17H13NO3S/c1-22(20,21)11-6-7-12-10(8-11)9-15-13-4-2-3-5-14(13)17(19)18-16(12)15/h2-8H,9H2,1H3,(H,18,19). The summed E-state index contributed by atoms with van der Waals surface area (Å²) in [5.74, 6) is 0. The molecule has 0 radical (unpaired) electrons. The highest BCUT2D eigenvalue weighted by molar-refractivity contribution is 7.90. The minimum atomic E-state index is -3.23. The van der Waals surface area contributed by atoms with Gasteiger partial charge in [0.1, 0.15) is 0 Å². The van der Waals surface area contributed by atoms with Gasteiger partial charge in [0.2, 0.25) is 0 Å². The maximum absolute atomic E-state index is 12.2. The van der Waals surface area contributed by atoms with Crippen LogP contribution >= 0.6 is 0 Å². The molecule has 5 heteroatoms. The van der Waals surface area contributed by atoms with Crippen LogP contribution in [-0.2, 0) is 16.3 Å². The quantitative estimate of drug-likeness (QED) is 0.587. The van der Waals surface area contributed by atoms with Gasteiger partial charge in [0.25, 0.3) is 5.56 Å². The summed E-state index contributed by atoms with van der Waals surface area (Å²) in [5.41, 5.74) is 3.58. The largest absolute Gasteiger partial charge is 0.321 e. The highest BCUT2D eigenvalue weighted by Gasteiger charge is 2.23. The number of hydrogen-bond acceptors (Lipinski definition) is 3. The monoisotopic (exact) mass is 311 g/mol. The Balaban J connectivity index is 2.02. The Hall–Kier alpha value is -2.40. The van der Waals surface area contributed by atoms with E-state index in [1.807, 2.05) is 18.2 Å². The van der Waals surface area contributed by atoms with Crippen LogP contribution < -0.4 is 5.56 Å². The van der Waals surface area contributed by atoms with Crippen LogP contribution in [0.3, 0.4) is 0 Å². The van der Waals surface area contributed by atoms with E-state index in [-0.39, 0.29) is 5.56 Å². The van der Waals surface area contributed by atoms with Gasteiger partial charge in [-0.3, -0.25) is 4.79 Å². The van der Waals surface area contributed by atoms with Crippen molar-refractivity contribution in [1.82, 2.24) is 4.98 Å². The van der Waals surface area contributed by atoms with Crippen LogP contribution in [0.15, 0.2) is 52.2 Å². The molecule has 1 aromatic heterocycles. The molecule has 1 aliphatic carbocycles. The van der Waals surface area contributed by atoms with Crippen LogP contribution in [0.5, 0.6) is 0 Å². The molecule has 0 aliphatic heterocycles. The SMILES string of the molecule is CS(=O)(=O)c1ccc2c(c1)Cc1c-2[nH]c(=O)c2ccccc12. The fourth-order valence-electron chi connectivity index (χ4n) is 3.13. The van der Waals surface area contributed by atoms with Crippen molar-refractivity contribution < 1.29 is 8.42 Å². The highest BCUT2D eigenvalue weighted by atomic mass is 32.2. The lowest BCUT2D eigenvalue weighted by Gasteiger charge is -2.05. The summed E-state index contributed by atoms with van der Waals surface area (Å²) in [6.07, 6.45) is 1.83. The number of H-pyrrole nitrogens is 1. The topological polar surface area (TPSA) is 67.0 Å². The summed E-state index contributed by atoms with van der Waals surface area (Å²) in [5, 5.41) is 1.59. The summed E-state index contributed by atoms with van der Waals surface area (Å²) in [6, 6.07) is 12.6. The Morgan fingerprint density at radius 1 is 1.05 bits per heavy atom. The molecule has 2 aromatic carbocycles. The smallest absolute Gasteiger partial charge is 0.256 e. The van der Waals surface area contributed by atoms with Crippen molar-refractivity contribution in [2.45, 2.75) is 11.3 Å². The summed E-state index contributed by atoms with van der Waals surface area (Å²) in [7, 11) is -3.23. The van der Waals surface area contributed by atoms with Crippen molar-refractivity contribution in [3.8, 4) is 11.3 Å². The van der Waals surface area contributed by atoms with Crippen LogP contribution in [0.1, 0.15) is 11.1 Å². The number of benzene rings is 2. The lowest BCUT2D eigenvalue weighted by atomic mass is 10.0. The van der Waals surface area contributed by atoms with E-state index < -0.39 is 9.84 Å². The molecule has 4 nitrogen and oxygen atoms in total. The molecule has 0 saturated heterocycles. The number of hydrogen-bond donors (Lipinski definition) is 1. The normalized spacial score (nSPS) is 13.1. The number of fused-ring (bicyclic) bond motifs is 5. The molecule has 0 atom stereocenters. The molecular weight excluding hydrogens is 298 g/mol. The first-order valence-electron chi connectivity index (χ1n) is 6.92. The Bertz CT molecular complexity index is 1090. The zero-order valence-electron chi connectivity index (χ0n) is 11.9. The minimum absolute atomic E-state index is 0.116. The summed E-state index contributed by atoms with van der Waals surface area (Å²) < 4.78 is 23.4. The van der Waals surface area contributed by atoms with Crippen molar-refractivity contribution in [3.63, 3.8) is 0 Å². The van der Waals surface area contributed by atoms with E-state index in [0.717, 1.165) is 27.8 Å². The van der Waals surface area contributed by atoms with Crippen molar-refractivity contribution in [2.24, 2.45) is 0 Å². The lowest BCUT2D eigenvalue weighted by molar-refractivity contribution is 0.602. The van der Waals surface area contributed by atoms with Gasteiger partial charge in [-0.25, -0.2) is 8.42 Å². The predicted octanol–water partition coefficient (Wildman–Crippen LogP) is 2.50. The van der Waals surface area contributed by atoms with Crippen LogP contribution in [0.4, 0.5) is 0 Å². The average molecular weight is 311 g/mol. The molecule has 3 aromatic rings. The maximum Gasteiger partial charge on any atom is 0.256 e. The van der Waals surface area contributed by atoms with Gasteiger partial charge in [-0.05, 0) is 34.7 Å². The molecule has 1 aliphatic rings. The first-order chi connectivity index (χ1) is 10.4. The molecule has 0 amide bonds. The molecule has 0 fully saturated rings. The van der Waals surface area contributed by atoms with Gasteiger partial charge < -0.3 is 4.98 Å². The first-order valence-corrected chi connectivity index (χ1v) is 8.81. The first kappa shape index (κ1) is 13.3. The van der Waals surface area contributed by atoms with Gasteiger partial charge in [-0.2, -0.15) is 0 Å². The zero-order valence-corrected chi connectivity index (χ0v) is 12.7. The Morgan fingerprint density at radius 2 is 1.77 bits per heavy atom. The number of rotatable bonds is 1. The third-order valence-corrected chi connectivity index (χ3v) is 5.29. The van der Waals surface area contributed by atoms with Crippen LogP contribution in [0, 0.1) is 0 Å². The van der Waals surface area contributed by atoms with Crippen molar-refractivity contribution in [3.05, 3.63) is 63.9 Å². The van der Waals surface area contributed by atoms with E-state index in [0.29, 0.717) is 16.7 Å². The summed E-state index contributed by atoms with van der Waals surface area (Å²) >= 11 is 0. The number of aromatic amines is 1. The predicted molar refractivity (Wildman–Crippen MR) is 85.9 cm³/mol. The molecule has 0 unspecified atom stereocenters. The van der Waals surface area contributed by atoms with Gasteiger partial charge in [0, 0.05) is 23.6 Å². The number of nitrogens with one attached hydrogen (secondary N) is 1. The highest BCUT2D eigenvalue weighted by Crippen LogP contribution is 2.38. The molecule has 110 valence electrons. The van der Waals surface area contributed by atoms with Gasteiger partial charge in [-0.15, -0.1) is 0 Å². The van der Waals surface area contributed by atoms with E-state index in [9.17, 15) is 13.2 Å². The molecule has 4 rings (SSSR count). The molecular formula is C17H13NO3S. The lowest BCUT2D eigenvalue weighted by Crippen LogP contribution is -2.08. The van der Waals surface area contributed by atoms with Crippen LogP contribution in [0.2, 0.25) is 0 Å². The van der Waals surface area contributed by atoms with Gasteiger partial charge in [0.05, 0.1) is 10.6 Å². The average Bonchev–Trinajstić information content (AvgIpc) is 2.85. The van der Waals surface area contributed by atoms with Crippen molar-refractivity contribution >= 4 is 20.6 Å². The number of pyridine rings is 1. The fourth-order valence-corrected chi connectivity index (χ4v) is 3.80. The third-order valence-electron chi connectivity index (χ3n) is 4.18. The van der Waals surface area contributed by atoms with E-state index >= 15 is 0 Å². The third kappa shape index (κ3) is 1.82. The number of aromatic nitrogens is 1. The molecule has 22 heavy (non-hydrogen) atoms. The van der Waals surface area contributed by atoms with Crippen molar-refractivity contribution in [1.29, 1.82) is 0 Å². The van der Waals surface area contributed by atoms with E-state index in [4.69, 9.17) is 0 Å². The van der Waals surface area contributed by atoms with E-state index in [1.165, 1.54) is 6.26 Å². The molecule has 0 saturated carbocycles. The molecule has 0 bridgehead atoms. The molecule has 1 heterocycles. The Labute approximate surface area is 127 Å². The minimum Gasteiger partial charge on any atom is -0.321 e. The maximum atomic E-state index is 12.2. The summed E-state index contributed by atoms with van der Waals surface area (Å²) in [6.45, 7) is 0. The zero-order chi connectivity index (χ0) is 15.5. The van der Waals surface area contributed by atoms with Gasteiger partial charge in [-0.1, -0.05) is 24.3 Å². The van der Waals surface area contributed by atoms with Gasteiger partial charge >= 0.3 is 0 Å². The molecule has 1 N–H and O–H groups in total. The van der Waals surface area contributed by atoms with Gasteiger partial charge in [0.15, 0.2) is 9.84 Å². The fraction of sp³-hybridized carbons (Fsp3) is 0.118. The van der Waals surface area contributed by atoms with Crippen LogP contribution in [0.25, 0.3) is 22.0 Å². The number of sulfone groups is 1. The molecule has 0 spiro atoms. The Morgan fingerprint density at radius 3 is 2.50 bits per heavy atom. The summed E-state index contributed by atoms with van der Waals surface area (Å²) in [4.78, 5) is 15.5. The Kier molecular flexibility index (Phi) is 2.60. The second-order valence-corrected chi connectivity index (χ2v) is 7.64.